The second-order valence-electron chi connectivity index (χ2n) is 2.98. The molecule has 0 saturated heterocycles. The number of aromatic carboxylic acids is 1. The number of benzene rings is 1. The van der Waals surface area contributed by atoms with Crippen molar-refractivity contribution in [3.8, 4) is 0 Å². The first kappa shape index (κ1) is 8.68. The number of fused-ring (bicyclic) bond motifs is 1. The molecular formula is C9H6FNO3. The number of carbonyl (C=O) groups excluding carboxylic acids is 1. The van der Waals surface area contributed by atoms with Gasteiger partial charge in [0.2, 0.25) is 0 Å². The molecule has 0 saturated carbocycles. The molecule has 0 fully saturated rings. The molecule has 0 bridgehead atoms. The second-order valence-corrected chi connectivity index (χ2v) is 2.98. The van der Waals surface area contributed by atoms with E-state index in [0.717, 1.165) is 6.07 Å². The van der Waals surface area contributed by atoms with Gasteiger partial charge in [-0.1, -0.05) is 0 Å². The predicted octanol–water partition coefficient (Wildman–Crippen LogP) is 0.767. The molecule has 0 aromatic heterocycles. The SMILES string of the molecule is O=C(O)c1cc(F)c2c(c1)CNC2=O. The largest absolute Gasteiger partial charge is 0.478 e. The van der Waals surface area contributed by atoms with Gasteiger partial charge in [0.25, 0.3) is 5.91 Å². The highest BCUT2D eigenvalue weighted by Crippen LogP contribution is 2.20. The summed E-state index contributed by atoms with van der Waals surface area (Å²) in [4.78, 5) is 21.6. The third-order valence-electron chi connectivity index (χ3n) is 2.09. The molecule has 1 aromatic carbocycles. The van der Waals surface area contributed by atoms with Gasteiger partial charge in [-0.2, -0.15) is 0 Å². The molecule has 1 amide bonds. The van der Waals surface area contributed by atoms with Crippen LogP contribution in [0.2, 0.25) is 0 Å². The van der Waals surface area contributed by atoms with Crippen molar-refractivity contribution in [2.45, 2.75) is 6.54 Å². The first-order chi connectivity index (χ1) is 6.59. The maximum absolute atomic E-state index is 13.2. The minimum Gasteiger partial charge on any atom is -0.478 e. The van der Waals surface area contributed by atoms with E-state index >= 15 is 0 Å². The van der Waals surface area contributed by atoms with Crippen LogP contribution in [0.1, 0.15) is 26.3 Å². The summed E-state index contributed by atoms with van der Waals surface area (Å²) >= 11 is 0. The van der Waals surface area contributed by atoms with Gasteiger partial charge >= 0.3 is 5.97 Å². The molecule has 1 aliphatic heterocycles. The summed E-state index contributed by atoms with van der Waals surface area (Å²) in [5.74, 6) is -2.48. The fourth-order valence-corrected chi connectivity index (χ4v) is 1.44. The van der Waals surface area contributed by atoms with E-state index in [1.807, 2.05) is 0 Å². The van der Waals surface area contributed by atoms with Gasteiger partial charge < -0.3 is 10.4 Å². The topological polar surface area (TPSA) is 66.4 Å². The summed E-state index contributed by atoms with van der Waals surface area (Å²) in [6, 6.07) is 2.16. The average Bonchev–Trinajstić information content (AvgIpc) is 2.48. The quantitative estimate of drug-likeness (QED) is 0.695. The first-order valence-corrected chi connectivity index (χ1v) is 3.93. The van der Waals surface area contributed by atoms with Crippen molar-refractivity contribution in [2.24, 2.45) is 0 Å². The van der Waals surface area contributed by atoms with E-state index in [-0.39, 0.29) is 17.7 Å². The summed E-state index contributed by atoms with van der Waals surface area (Å²) in [6.45, 7) is 0.187. The Bertz CT molecular complexity index is 442. The van der Waals surface area contributed by atoms with Gasteiger partial charge in [-0.25, -0.2) is 9.18 Å². The normalized spacial score (nSPS) is 13.6. The summed E-state index contributed by atoms with van der Waals surface area (Å²) < 4.78 is 13.2. The fraction of sp³-hybridized carbons (Fsp3) is 0.111. The lowest BCUT2D eigenvalue weighted by Gasteiger charge is -2.00. The van der Waals surface area contributed by atoms with Gasteiger partial charge in [-0.15, -0.1) is 0 Å². The number of hydrogen-bond donors (Lipinski definition) is 2. The standard InChI is InChI=1S/C9H6FNO3/c10-6-2-4(9(13)14)1-5-3-11-8(12)7(5)6/h1-2H,3H2,(H,11,12)(H,13,14). The Morgan fingerprint density at radius 3 is 2.86 bits per heavy atom. The molecule has 1 aromatic rings. The van der Waals surface area contributed by atoms with Crippen LogP contribution >= 0.6 is 0 Å². The summed E-state index contributed by atoms with van der Waals surface area (Å²) in [7, 11) is 0. The van der Waals surface area contributed by atoms with E-state index in [0.29, 0.717) is 5.56 Å². The second kappa shape index (κ2) is 2.80. The van der Waals surface area contributed by atoms with Crippen molar-refractivity contribution < 1.29 is 19.1 Å². The fourth-order valence-electron chi connectivity index (χ4n) is 1.44. The number of carboxylic acids is 1. The van der Waals surface area contributed by atoms with Gasteiger partial charge in [0.1, 0.15) is 5.82 Å². The molecule has 2 rings (SSSR count). The van der Waals surface area contributed by atoms with Crippen LogP contribution in [0.25, 0.3) is 0 Å². The van der Waals surface area contributed by atoms with E-state index in [9.17, 15) is 14.0 Å². The zero-order chi connectivity index (χ0) is 10.3. The van der Waals surface area contributed by atoms with Crippen molar-refractivity contribution >= 4 is 11.9 Å². The molecule has 1 heterocycles. The highest BCUT2D eigenvalue weighted by molar-refractivity contribution is 6.00. The number of halogens is 1. The molecule has 2 N–H and O–H groups in total. The van der Waals surface area contributed by atoms with Crippen molar-refractivity contribution in [3.63, 3.8) is 0 Å². The van der Waals surface area contributed by atoms with E-state index in [1.165, 1.54) is 6.07 Å². The number of nitrogens with one attached hydrogen (secondary N) is 1. The van der Waals surface area contributed by atoms with Gasteiger partial charge in [0, 0.05) is 6.54 Å². The zero-order valence-electron chi connectivity index (χ0n) is 7.00. The van der Waals surface area contributed by atoms with E-state index < -0.39 is 17.7 Å². The van der Waals surface area contributed by atoms with Crippen LogP contribution in [-0.4, -0.2) is 17.0 Å². The van der Waals surface area contributed by atoms with Gasteiger partial charge in [-0.3, -0.25) is 4.79 Å². The zero-order valence-corrected chi connectivity index (χ0v) is 7.00. The van der Waals surface area contributed by atoms with E-state index in [1.54, 1.807) is 0 Å². The van der Waals surface area contributed by atoms with Gasteiger partial charge in [0.15, 0.2) is 0 Å². The molecule has 1 aliphatic rings. The lowest BCUT2D eigenvalue weighted by Crippen LogP contribution is -2.13. The number of rotatable bonds is 1. The third kappa shape index (κ3) is 1.14. The van der Waals surface area contributed by atoms with Crippen LogP contribution in [-0.2, 0) is 6.54 Å². The van der Waals surface area contributed by atoms with Gasteiger partial charge in [0.05, 0.1) is 11.1 Å². The molecule has 14 heavy (non-hydrogen) atoms. The molecule has 72 valence electrons. The Labute approximate surface area is 78.4 Å². The van der Waals surface area contributed by atoms with Crippen molar-refractivity contribution in [1.82, 2.24) is 5.32 Å². The van der Waals surface area contributed by atoms with E-state index in [2.05, 4.69) is 5.32 Å². The Morgan fingerprint density at radius 1 is 1.50 bits per heavy atom. The molecule has 4 nitrogen and oxygen atoms in total. The summed E-state index contributed by atoms with van der Waals surface area (Å²) in [6.07, 6.45) is 0. The molecule has 0 spiro atoms. The van der Waals surface area contributed by atoms with Crippen LogP contribution in [0.15, 0.2) is 12.1 Å². The summed E-state index contributed by atoms with van der Waals surface area (Å²) in [5, 5.41) is 11.1. The lowest BCUT2D eigenvalue weighted by molar-refractivity contribution is 0.0695. The smallest absolute Gasteiger partial charge is 0.335 e. The monoisotopic (exact) mass is 195 g/mol. The summed E-state index contributed by atoms with van der Waals surface area (Å²) in [5.41, 5.74) is 0.208. The third-order valence-corrected chi connectivity index (χ3v) is 2.09. The molecule has 0 radical (unpaired) electrons. The van der Waals surface area contributed by atoms with Crippen LogP contribution < -0.4 is 5.32 Å². The van der Waals surface area contributed by atoms with Crippen LogP contribution in [0.4, 0.5) is 4.39 Å². The number of carboxylic acid groups (broad SMARTS) is 1. The number of amides is 1. The highest BCUT2D eigenvalue weighted by atomic mass is 19.1. The maximum atomic E-state index is 13.2. The first-order valence-electron chi connectivity index (χ1n) is 3.93. The Kier molecular flexibility index (Phi) is 1.73. The average molecular weight is 195 g/mol. The molecule has 0 unspecified atom stereocenters. The van der Waals surface area contributed by atoms with Crippen LogP contribution in [0.3, 0.4) is 0 Å². The highest BCUT2D eigenvalue weighted by Gasteiger charge is 2.24. The Morgan fingerprint density at radius 2 is 2.21 bits per heavy atom. The van der Waals surface area contributed by atoms with Crippen molar-refractivity contribution in [3.05, 3.63) is 34.6 Å². The molecular weight excluding hydrogens is 189 g/mol. The Balaban J connectivity index is 2.62. The van der Waals surface area contributed by atoms with E-state index in [4.69, 9.17) is 5.11 Å². The van der Waals surface area contributed by atoms with Crippen LogP contribution in [0.5, 0.6) is 0 Å². The Hall–Kier alpha value is -1.91. The molecule has 0 aliphatic carbocycles. The minimum absolute atomic E-state index is 0.0463. The van der Waals surface area contributed by atoms with Crippen molar-refractivity contribution in [2.75, 3.05) is 0 Å². The lowest BCUT2D eigenvalue weighted by atomic mass is 10.1. The van der Waals surface area contributed by atoms with Crippen LogP contribution in [0, 0.1) is 5.82 Å². The van der Waals surface area contributed by atoms with Gasteiger partial charge in [-0.05, 0) is 17.7 Å². The maximum Gasteiger partial charge on any atom is 0.335 e. The number of hydrogen-bond acceptors (Lipinski definition) is 2. The minimum atomic E-state index is -1.20. The predicted molar refractivity (Wildman–Crippen MR) is 44.5 cm³/mol. The molecule has 5 heteroatoms. The molecule has 0 atom stereocenters. The van der Waals surface area contributed by atoms with Crippen molar-refractivity contribution in [1.29, 1.82) is 0 Å². The number of carbonyl (C=O) groups is 2.